The fourth-order valence-corrected chi connectivity index (χ4v) is 4.30. The molecular formula is C18H28O5Si. The van der Waals surface area contributed by atoms with Crippen LogP contribution in [0.15, 0.2) is 15.3 Å². The third-order valence-corrected chi connectivity index (χ3v) is 10.0. The Balaban J connectivity index is 2.03. The second kappa shape index (κ2) is 5.80. The molecule has 1 aromatic rings. The number of fused-ring (bicyclic) bond motifs is 2. The molecule has 2 aliphatic rings. The van der Waals surface area contributed by atoms with Crippen LogP contribution in [0.4, 0.5) is 0 Å². The van der Waals surface area contributed by atoms with Gasteiger partial charge in [0.05, 0.1) is 5.56 Å². The molecule has 5 nitrogen and oxygen atoms in total. The van der Waals surface area contributed by atoms with E-state index in [4.69, 9.17) is 13.6 Å². The first-order valence-electron chi connectivity index (χ1n) is 8.75. The Morgan fingerprint density at radius 3 is 2.54 bits per heavy atom. The van der Waals surface area contributed by atoms with Crippen LogP contribution in [0.5, 0.6) is 0 Å². The van der Waals surface area contributed by atoms with Gasteiger partial charge >= 0.3 is 5.63 Å². The summed E-state index contributed by atoms with van der Waals surface area (Å²) in [6, 6.07) is 1.81. The van der Waals surface area contributed by atoms with Gasteiger partial charge in [-0.1, -0.05) is 27.7 Å². The molecular weight excluding hydrogens is 324 g/mol. The van der Waals surface area contributed by atoms with Crippen molar-refractivity contribution in [2.45, 2.75) is 83.1 Å². The molecule has 134 valence electrons. The van der Waals surface area contributed by atoms with Crippen LogP contribution in [0.25, 0.3) is 0 Å². The number of aliphatic hydroxyl groups is 1. The van der Waals surface area contributed by atoms with Gasteiger partial charge < -0.3 is 18.7 Å². The Kier molecular flexibility index (Phi) is 4.31. The van der Waals surface area contributed by atoms with Crippen molar-refractivity contribution in [2.24, 2.45) is 0 Å². The second-order valence-electron chi connectivity index (χ2n) is 8.43. The molecule has 24 heavy (non-hydrogen) atoms. The third kappa shape index (κ3) is 2.90. The molecule has 1 aliphatic carbocycles. The average molecular weight is 353 g/mol. The Morgan fingerprint density at radius 1 is 1.29 bits per heavy atom. The smallest absolute Gasteiger partial charge is 0.342 e. The standard InChI is InChI=1S/C18H28O5Si/c1-7-8-10-9-11-12(17(20)21-10)14(16-15(22-16)13(11)19)23-24(5,6)18(2,3)4/h9,13-16,19H,7-8H2,1-6H3/t13-,14+,15+,16-/m1/s1. The molecule has 0 spiro atoms. The largest absolute Gasteiger partial charge is 0.428 e. The molecule has 0 amide bonds. The molecule has 6 heteroatoms. The maximum Gasteiger partial charge on any atom is 0.342 e. The first-order valence-corrected chi connectivity index (χ1v) is 11.7. The minimum absolute atomic E-state index is 0.0238. The normalized spacial score (nSPS) is 29.1. The average Bonchev–Trinajstić information content (AvgIpc) is 3.23. The SMILES string of the molecule is CCCc1cc2c(c(=O)o1)[C@H](O[Si](C)(C)C(C)(C)C)[C@H]1O[C@H]1[C@@H]2O. The van der Waals surface area contributed by atoms with Gasteiger partial charge in [0.15, 0.2) is 8.32 Å². The Morgan fingerprint density at radius 2 is 1.96 bits per heavy atom. The highest BCUT2D eigenvalue weighted by Gasteiger charge is 2.58. The van der Waals surface area contributed by atoms with Crippen LogP contribution in [0.3, 0.4) is 0 Å². The molecule has 0 radical (unpaired) electrons. The lowest BCUT2D eigenvalue weighted by atomic mass is 9.88. The Hall–Kier alpha value is -0.953. The molecule has 0 saturated carbocycles. The molecule has 1 aliphatic heterocycles. The minimum Gasteiger partial charge on any atom is -0.428 e. The van der Waals surface area contributed by atoms with Crippen LogP contribution in [-0.4, -0.2) is 25.6 Å². The first kappa shape index (κ1) is 17.9. The lowest BCUT2D eigenvalue weighted by Crippen LogP contribution is -2.45. The number of hydrogen-bond acceptors (Lipinski definition) is 5. The highest BCUT2D eigenvalue weighted by atomic mass is 28.4. The molecule has 0 bridgehead atoms. The van der Waals surface area contributed by atoms with Crippen LogP contribution in [0.2, 0.25) is 18.1 Å². The summed E-state index contributed by atoms with van der Waals surface area (Å²) in [5.74, 6) is 0.616. The molecule has 2 heterocycles. The molecule has 1 aromatic heterocycles. The van der Waals surface area contributed by atoms with Crippen molar-refractivity contribution in [2.75, 3.05) is 0 Å². The van der Waals surface area contributed by atoms with Gasteiger partial charge in [-0.05, 0) is 36.2 Å². The highest BCUT2D eigenvalue weighted by Crippen LogP contribution is 2.52. The number of epoxide rings is 1. The van der Waals surface area contributed by atoms with Crippen LogP contribution in [0, 0.1) is 0 Å². The molecule has 1 fully saturated rings. The summed E-state index contributed by atoms with van der Waals surface area (Å²) >= 11 is 0. The van der Waals surface area contributed by atoms with Gasteiger partial charge in [0.1, 0.15) is 30.2 Å². The van der Waals surface area contributed by atoms with E-state index in [1.54, 1.807) is 0 Å². The Bertz CT molecular complexity index is 688. The summed E-state index contributed by atoms with van der Waals surface area (Å²) in [6.45, 7) is 12.8. The molecule has 1 saturated heterocycles. The van der Waals surface area contributed by atoms with Crippen molar-refractivity contribution >= 4 is 8.32 Å². The van der Waals surface area contributed by atoms with E-state index in [-0.39, 0.29) is 17.2 Å². The van der Waals surface area contributed by atoms with Gasteiger partial charge in [-0.2, -0.15) is 0 Å². The molecule has 4 atom stereocenters. The molecule has 0 aromatic carbocycles. The fourth-order valence-electron chi connectivity index (χ4n) is 3.06. The van der Waals surface area contributed by atoms with Crippen molar-refractivity contribution in [3.05, 3.63) is 33.4 Å². The quantitative estimate of drug-likeness (QED) is 0.663. The predicted molar refractivity (Wildman–Crippen MR) is 93.6 cm³/mol. The highest BCUT2D eigenvalue weighted by molar-refractivity contribution is 6.74. The maximum absolute atomic E-state index is 12.6. The van der Waals surface area contributed by atoms with Gasteiger partial charge in [0, 0.05) is 6.42 Å². The van der Waals surface area contributed by atoms with E-state index in [1.807, 2.05) is 13.0 Å². The number of ether oxygens (including phenoxy) is 1. The summed E-state index contributed by atoms with van der Waals surface area (Å²) in [6.07, 6.45) is -0.183. The van der Waals surface area contributed by atoms with Gasteiger partial charge in [0.2, 0.25) is 0 Å². The zero-order valence-corrected chi connectivity index (χ0v) is 16.4. The van der Waals surface area contributed by atoms with E-state index in [9.17, 15) is 9.90 Å². The third-order valence-electron chi connectivity index (χ3n) is 5.57. The molecule has 0 unspecified atom stereocenters. The first-order chi connectivity index (χ1) is 11.1. The van der Waals surface area contributed by atoms with Crippen LogP contribution in [-0.2, 0) is 15.6 Å². The zero-order chi connectivity index (χ0) is 17.9. The van der Waals surface area contributed by atoms with Crippen molar-refractivity contribution in [1.29, 1.82) is 0 Å². The number of hydrogen-bond donors (Lipinski definition) is 1. The minimum atomic E-state index is -2.09. The van der Waals surface area contributed by atoms with Crippen LogP contribution < -0.4 is 5.63 Å². The van der Waals surface area contributed by atoms with Crippen molar-refractivity contribution < 1.29 is 18.7 Å². The van der Waals surface area contributed by atoms with E-state index in [0.717, 1.165) is 6.42 Å². The second-order valence-corrected chi connectivity index (χ2v) is 13.2. The van der Waals surface area contributed by atoms with Crippen molar-refractivity contribution in [3.63, 3.8) is 0 Å². The Labute approximate surface area is 144 Å². The zero-order valence-electron chi connectivity index (χ0n) is 15.4. The van der Waals surface area contributed by atoms with E-state index >= 15 is 0 Å². The van der Waals surface area contributed by atoms with Crippen LogP contribution in [0.1, 0.15) is 63.2 Å². The van der Waals surface area contributed by atoms with E-state index in [0.29, 0.717) is 23.3 Å². The van der Waals surface area contributed by atoms with Gasteiger partial charge in [-0.25, -0.2) is 4.79 Å². The summed E-state index contributed by atoms with van der Waals surface area (Å²) in [7, 11) is -2.09. The van der Waals surface area contributed by atoms with Crippen molar-refractivity contribution in [3.8, 4) is 0 Å². The predicted octanol–water partition coefficient (Wildman–Crippen LogP) is 3.47. The van der Waals surface area contributed by atoms with Gasteiger partial charge in [-0.15, -0.1) is 0 Å². The van der Waals surface area contributed by atoms with E-state index in [2.05, 4.69) is 33.9 Å². The van der Waals surface area contributed by atoms with Crippen LogP contribution >= 0.6 is 0 Å². The number of aliphatic hydroxyl groups excluding tert-OH is 1. The summed E-state index contributed by atoms with van der Waals surface area (Å²) in [4.78, 5) is 12.6. The summed E-state index contributed by atoms with van der Waals surface area (Å²) in [5, 5.41) is 10.5. The van der Waals surface area contributed by atoms with E-state index in [1.165, 1.54) is 0 Å². The number of aryl methyl sites for hydroxylation is 1. The maximum atomic E-state index is 12.6. The van der Waals surface area contributed by atoms with Gasteiger partial charge in [0.25, 0.3) is 0 Å². The lowest BCUT2D eigenvalue weighted by molar-refractivity contribution is 0.119. The lowest BCUT2D eigenvalue weighted by Gasteiger charge is -2.40. The molecule has 3 rings (SSSR count). The summed E-state index contributed by atoms with van der Waals surface area (Å²) < 4.78 is 17.6. The monoisotopic (exact) mass is 352 g/mol. The topological polar surface area (TPSA) is 72.2 Å². The summed E-state index contributed by atoms with van der Waals surface area (Å²) in [5.41, 5.74) is 0.677. The number of rotatable bonds is 4. The van der Waals surface area contributed by atoms with E-state index < -0.39 is 26.2 Å². The molecule has 1 N–H and O–H groups in total. The fraction of sp³-hybridized carbons (Fsp3) is 0.722. The van der Waals surface area contributed by atoms with Crippen molar-refractivity contribution in [1.82, 2.24) is 0 Å². The van der Waals surface area contributed by atoms with Gasteiger partial charge in [-0.3, -0.25) is 0 Å².